The number of hydrogen-bond acceptors (Lipinski definition) is 4. The minimum atomic E-state index is -1.23. The van der Waals surface area contributed by atoms with Crippen LogP contribution in [0.15, 0.2) is 24.3 Å². The molecule has 0 aromatic heterocycles. The van der Waals surface area contributed by atoms with E-state index in [9.17, 15) is 14.4 Å². The quantitative estimate of drug-likeness (QED) is 0.508. The predicted molar refractivity (Wildman–Crippen MR) is 76.1 cm³/mol. The molecule has 0 fully saturated rings. The fraction of sp³-hybridized carbons (Fsp3) is 0.357. The first-order valence-electron chi connectivity index (χ1n) is 6.37. The van der Waals surface area contributed by atoms with E-state index in [2.05, 4.69) is 10.6 Å². The van der Waals surface area contributed by atoms with Gasteiger partial charge in [0, 0.05) is 13.7 Å². The highest BCUT2D eigenvalue weighted by Gasteiger charge is 2.22. The Hall–Kier alpha value is -2.41. The average molecular weight is 294 g/mol. The number of aliphatic carboxylic acids is 1. The standard InChI is InChI=1S/C14H18N2O5/c1-9(14(19)20)12(17)16-11-6-4-3-5-10(11)13(18)15-7-8-21-2/h3-6,9H,7-8H2,1-2H3,(H,15,18)(H,16,17)(H,19,20). The number of rotatable bonds is 7. The van der Waals surface area contributed by atoms with Gasteiger partial charge in [-0.3, -0.25) is 14.4 Å². The monoisotopic (exact) mass is 294 g/mol. The molecule has 1 rings (SSSR count). The summed E-state index contributed by atoms with van der Waals surface area (Å²) in [5.74, 6) is -3.48. The van der Waals surface area contributed by atoms with Gasteiger partial charge in [-0.2, -0.15) is 0 Å². The number of amides is 2. The van der Waals surface area contributed by atoms with Gasteiger partial charge in [0.1, 0.15) is 5.92 Å². The molecule has 7 heteroatoms. The summed E-state index contributed by atoms with van der Waals surface area (Å²) < 4.78 is 4.83. The molecule has 21 heavy (non-hydrogen) atoms. The van der Waals surface area contributed by atoms with Crippen molar-refractivity contribution < 1.29 is 24.2 Å². The zero-order valence-corrected chi connectivity index (χ0v) is 11.9. The predicted octanol–water partition coefficient (Wildman–Crippen LogP) is 0.722. The minimum absolute atomic E-state index is 0.263. The lowest BCUT2D eigenvalue weighted by molar-refractivity contribution is -0.144. The molecule has 0 bridgehead atoms. The van der Waals surface area contributed by atoms with Gasteiger partial charge in [-0.1, -0.05) is 12.1 Å². The molecule has 0 saturated carbocycles. The second kappa shape index (κ2) is 8.01. The summed E-state index contributed by atoms with van der Waals surface area (Å²) in [6.07, 6.45) is 0. The van der Waals surface area contributed by atoms with Crippen LogP contribution in [0, 0.1) is 5.92 Å². The van der Waals surface area contributed by atoms with Gasteiger partial charge in [-0.25, -0.2) is 0 Å². The van der Waals surface area contributed by atoms with Gasteiger partial charge in [0.15, 0.2) is 0 Å². The number of carbonyl (C=O) groups is 3. The average Bonchev–Trinajstić information content (AvgIpc) is 2.46. The summed E-state index contributed by atoms with van der Waals surface area (Å²) in [5.41, 5.74) is 0.532. The maximum Gasteiger partial charge on any atom is 0.315 e. The fourth-order valence-corrected chi connectivity index (χ4v) is 1.51. The number of anilines is 1. The number of hydrogen-bond donors (Lipinski definition) is 3. The lowest BCUT2D eigenvalue weighted by atomic mass is 10.1. The summed E-state index contributed by atoms with van der Waals surface area (Å²) in [4.78, 5) is 34.5. The summed E-state index contributed by atoms with van der Waals surface area (Å²) in [7, 11) is 1.52. The molecule has 1 atom stereocenters. The fourth-order valence-electron chi connectivity index (χ4n) is 1.51. The van der Waals surface area contributed by atoms with Gasteiger partial charge in [0.25, 0.3) is 5.91 Å². The van der Waals surface area contributed by atoms with Crippen molar-refractivity contribution >= 4 is 23.5 Å². The van der Waals surface area contributed by atoms with Gasteiger partial charge in [0.2, 0.25) is 5.91 Å². The summed E-state index contributed by atoms with van der Waals surface area (Å²) in [6.45, 7) is 1.98. The Morgan fingerprint density at radius 3 is 2.57 bits per heavy atom. The Kier molecular flexibility index (Phi) is 6.35. The molecule has 0 aliphatic heterocycles. The molecular weight excluding hydrogens is 276 g/mol. The molecule has 0 heterocycles. The molecule has 0 radical (unpaired) electrons. The smallest absolute Gasteiger partial charge is 0.315 e. The number of carboxylic acid groups (broad SMARTS) is 1. The number of benzene rings is 1. The molecule has 1 aromatic carbocycles. The normalized spacial score (nSPS) is 11.5. The molecule has 0 spiro atoms. The third-order valence-electron chi connectivity index (χ3n) is 2.79. The third kappa shape index (κ3) is 4.88. The number of carboxylic acids is 1. The Bertz CT molecular complexity index is 530. The van der Waals surface area contributed by atoms with Crippen molar-refractivity contribution in [2.75, 3.05) is 25.6 Å². The third-order valence-corrected chi connectivity index (χ3v) is 2.79. The van der Waals surface area contributed by atoms with Crippen LogP contribution >= 0.6 is 0 Å². The van der Waals surface area contributed by atoms with Crippen molar-refractivity contribution in [2.45, 2.75) is 6.92 Å². The van der Waals surface area contributed by atoms with E-state index in [1.54, 1.807) is 18.2 Å². The van der Waals surface area contributed by atoms with Gasteiger partial charge >= 0.3 is 5.97 Å². The highest BCUT2D eigenvalue weighted by Crippen LogP contribution is 2.16. The maximum atomic E-state index is 12.0. The van der Waals surface area contributed by atoms with Crippen LogP contribution in [0.5, 0.6) is 0 Å². The Balaban J connectivity index is 2.82. The van der Waals surface area contributed by atoms with Crippen molar-refractivity contribution in [1.82, 2.24) is 5.32 Å². The number of nitrogens with one attached hydrogen (secondary N) is 2. The lowest BCUT2D eigenvalue weighted by Gasteiger charge is -2.12. The van der Waals surface area contributed by atoms with Crippen molar-refractivity contribution in [3.63, 3.8) is 0 Å². The van der Waals surface area contributed by atoms with E-state index in [4.69, 9.17) is 9.84 Å². The van der Waals surface area contributed by atoms with Crippen LogP contribution in [0.4, 0.5) is 5.69 Å². The Morgan fingerprint density at radius 1 is 1.29 bits per heavy atom. The molecule has 1 unspecified atom stereocenters. The Labute approximate surface area is 122 Å². The van der Waals surface area contributed by atoms with Crippen LogP contribution in [-0.4, -0.2) is 43.2 Å². The second-order valence-corrected chi connectivity index (χ2v) is 4.34. The zero-order valence-electron chi connectivity index (χ0n) is 11.9. The van der Waals surface area contributed by atoms with E-state index < -0.39 is 17.8 Å². The molecular formula is C14H18N2O5. The lowest BCUT2D eigenvalue weighted by Crippen LogP contribution is -2.30. The molecule has 0 aliphatic carbocycles. The SMILES string of the molecule is COCCNC(=O)c1ccccc1NC(=O)C(C)C(=O)O. The summed E-state index contributed by atoms with van der Waals surface area (Å²) in [5, 5.41) is 13.9. The van der Waals surface area contributed by atoms with Crippen molar-refractivity contribution in [2.24, 2.45) is 5.92 Å². The molecule has 0 saturated heterocycles. The topological polar surface area (TPSA) is 105 Å². The van der Waals surface area contributed by atoms with Gasteiger partial charge in [-0.05, 0) is 19.1 Å². The molecule has 114 valence electrons. The number of ether oxygens (including phenoxy) is 1. The minimum Gasteiger partial charge on any atom is -0.481 e. The van der Waals surface area contributed by atoms with Crippen LogP contribution < -0.4 is 10.6 Å². The van der Waals surface area contributed by atoms with Crippen LogP contribution in [0.2, 0.25) is 0 Å². The van der Waals surface area contributed by atoms with Crippen LogP contribution in [0.1, 0.15) is 17.3 Å². The van der Waals surface area contributed by atoms with Crippen molar-refractivity contribution in [3.05, 3.63) is 29.8 Å². The summed E-state index contributed by atoms with van der Waals surface area (Å²) in [6, 6.07) is 6.38. The highest BCUT2D eigenvalue weighted by molar-refractivity contribution is 6.08. The van der Waals surface area contributed by atoms with E-state index in [1.807, 2.05) is 0 Å². The van der Waals surface area contributed by atoms with E-state index >= 15 is 0 Å². The van der Waals surface area contributed by atoms with Crippen LogP contribution in [-0.2, 0) is 14.3 Å². The first-order valence-corrected chi connectivity index (χ1v) is 6.37. The molecule has 3 N–H and O–H groups in total. The molecule has 2 amide bonds. The highest BCUT2D eigenvalue weighted by atomic mass is 16.5. The van der Waals surface area contributed by atoms with E-state index in [0.717, 1.165) is 0 Å². The molecule has 0 aliphatic rings. The maximum absolute atomic E-state index is 12.0. The number of para-hydroxylation sites is 1. The molecule has 1 aromatic rings. The van der Waals surface area contributed by atoms with E-state index in [0.29, 0.717) is 13.2 Å². The van der Waals surface area contributed by atoms with Gasteiger partial charge in [0.05, 0.1) is 17.9 Å². The van der Waals surface area contributed by atoms with Gasteiger partial charge < -0.3 is 20.5 Å². The van der Waals surface area contributed by atoms with Crippen LogP contribution in [0.25, 0.3) is 0 Å². The first kappa shape index (κ1) is 16.6. The van der Waals surface area contributed by atoms with E-state index in [-0.39, 0.29) is 17.2 Å². The number of carbonyl (C=O) groups excluding carboxylic acids is 2. The number of methoxy groups -OCH3 is 1. The first-order chi connectivity index (χ1) is 9.97. The molecule has 7 nitrogen and oxygen atoms in total. The van der Waals surface area contributed by atoms with Crippen LogP contribution in [0.3, 0.4) is 0 Å². The van der Waals surface area contributed by atoms with E-state index in [1.165, 1.54) is 20.1 Å². The second-order valence-electron chi connectivity index (χ2n) is 4.34. The Morgan fingerprint density at radius 2 is 1.95 bits per heavy atom. The van der Waals surface area contributed by atoms with Gasteiger partial charge in [-0.15, -0.1) is 0 Å². The largest absolute Gasteiger partial charge is 0.481 e. The van der Waals surface area contributed by atoms with Crippen molar-refractivity contribution in [3.8, 4) is 0 Å². The summed E-state index contributed by atoms with van der Waals surface area (Å²) >= 11 is 0. The van der Waals surface area contributed by atoms with Crippen molar-refractivity contribution in [1.29, 1.82) is 0 Å². The zero-order chi connectivity index (χ0) is 15.8.